The van der Waals surface area contributed by atoms with Crippen molar-refractivity contribution in [3.05, 3.63) is 65.7 Å². The lowest BCUT2D eigenvalue weighted by Crippen LogP contribution is -2.54. The Kier molecular flexibility index (Phi) is 6.24. The Bertz CT molecular complexity index is 991. The second-order valence-corrected chi connectivity index (χ2v) is 7.24. The van der Waals surface area contributed by atoms with Crippen LogP contribution in [0.15, 0.2) is 54.6 Å². The van der Waals surface area contributed by atoms with Crippen LogP contribution in [0.1, 0.15) is 15.9 Å². The molecule has 3 rings (SSSR count). The van der Waals surface area contributed by atoms with Gasteiger partial charge in [0.2, 0.25) is 5.91 Å². The topological polar surface area (TPSA) is 124 Å². The van der Waals surface area contributed by atoms with Gasteiger partial charge in [0.15, 0.2) is 5.41 Å². The molecular weight excluding hydrogens is 404 g/mol. The van der Waals surface area contributed by atoms with Gasteiger partial charge in [0.05, 0.1) is 7.11 Å². The van der Waals surface area contributed by atoms with E-state index in [9.17, 15) is 29.4 Å². The normalized spacial score (nSPS) is 18.9. The zero-order chi connectivity index (χ0) is 22.6. The minimum atomic E-state index is -2.14. The number of aliphatic carboxylic acids is 1. The number of hydrogen-bond donors (Lipinski definition) is 2. The summed E-state index contributed by atoms with van der Waals surface area (Å²) in [6, 6.07) is 14.5. The number of rotatable bonds is 5. The first-order chi connectivity index (χ1) is 14.8. The van der Waals surface area contributed by atoms with Gasteiger partial charge in [-0.05, 0) is 36.2 Å². The van der Waals surface area contributed by atoms with Crippen molar-refractivity contribution in [2.24, 2.45) is 5.41 Å². The van der Waals surface area contributed by atoms with Crippen LogP contribution in [-0.2, 0) is 16.0 Å². The monoisotopic (exact) mass is 426 g/mol. The van der Waals surface area contributed by atoms with Crippen LogP contribution in [0.3, 0.4) is 0 Å². The third kappa shape index (κ3) is 4.35. The number of carboxylic acid groups (broad SMARTS) is 2. The zero-order valence-electron chi connectivity index (χ0n) is 16.9. The Morgan fingerprint density at radius 1 is 1.00 bits per heavy atom. The Morgan fingerprint density at radius 2 is 1.65 bits per heavy atom. The molecule has 0 saturated carbocycles. The zero-order valence-corrected chi connectivity index (χ0v) is 16.9. The van der Waals surface area contributed by atoms with Gasteiger partial charge in [0.1, 0.15) is 5.75 Å². The number of hydrogen-bond acceptors (Lipinski definition) is 5. The molecule has 0 aromatic heterocycles. The number of carbonyl (C=O) groups excluding carboxylic acids is 2. The van der Waals surface area contributed by atoms with Crippen molar-refractivity contribution in [1.82, 2.24) is 9.80 Å². The molecule has 1 atom stereocenters. The number of benzene rings is 2. The highest BCUT2D eigenvalue weighted by molar-refractivity contribution is 6.12. The number of methoxy groups -OCH3 is 1. The van der Waals surface area contributed by atoms with Gasteiger partial charge in [-0.3, -0.25) is 19.3 Å². The molecule has 0 radical (unpaired) electrons. The highest BCUT2D eigenvalue weighted by Crippen LogP contribution is 2.31. The molecule has 9 nitrogen and oxygen atoms in total. The van der Waals surface area contributed by atoms with Crippen LogP contribution in [0.25, 0.3) is 0 Å². The predicted molar refractivity (Wildman–Crippen MR) is 109 cm³/mol. The van der Waals surface area contributed by atoms with E-state index in [0.29, 0.717) is 11.3 Å². The van der Waals surface area contributed by atoms with E-state index in [1.807, 2.05) is 0 Å². The number of amides is 3. The fourth-order valence-corrected chi connectivity index (χ4v) is 3.61. The molecule has 2 N–H and O–H groups in total. The Labute approximate surface area is 178 Å². The molecule has 0 bridgehead atoms. The van der Waals surface area contributed by atoms with Crippen LogP contribution in [0.2, 0.25) is 0 Å². The molecule has 1 aliphatic heterocycles. The van der Waals surface area contributed by atoms with Crippen LogP contribution >= 0.6 is 0 Å². The van der Waals surface area contributed by atoms with Crippen molar-refractivity contribution in [3.8, 4) is 5.75 Å². The summed E-state index contributed by atoms with van der Waals surface area (Å²) in [7, 11) is 1.47. The van der Waals surface area contributed by atoms with E-state index < -0.39 is 35.8 Å². The third-order valence-corrected chi connectivity index (χ3v) is 5.32. The maximum atomic E-state index is 13.5. The molecular formula is C22H22N2O7. The second kappa shape index (κ2) is 8.86. The van der Waals surface area contributed by atoms with Crippen LogP contribution in [0.4, 0.5) is 4.79 Å². The average Bonchev–Trinajstić information content (AvgIpc) is 2.92. The van der Waals surface area contributed by atoms with Crippen LogP contribution in [0.5, 0.6) is 5.75 Å². The SMILES string of the molecule is COc1ccc(C(=O)N2CCN(C(=O)O)CC(Cc3ccccc3)(C(=O)O)C2=O)cc1. The summed E-state index contributed by atoms with van der Waals surface area (Å²) in [5, 5.41) is 19.6. The molecule has 2 aromatic carbocycles. The lowest BCUT2D eigenvalue weighted by Gasteiger charge is -2.31. The van der Waals surface area contributed by atoms with Crippen LogP contribution in [-0.4, -0.2) is 70.6 Å². The molecule has 162 valence electrons. The Balaban J connectivity index is 2.04. The summed E-state index contributed by atoms with van der Waals surface area (Å²) < 4.78 is 5.07. The van der Waals surface area contributed by atoms with Crippen molar-refractivity contribution in [1.29, 1.82) is 0 Å². The third-order valence-electron chi connectivity index (χ3n) is 5.32. The van der Waals surface area contributed by atoms with Crippen molar-refractivity contribution in [3.63, 3.8) is 0 Å². The van der Waals surface area contributed by atoms with Crippen molar-refractivity contribution in [2.45, 2.75) is 6.42 Å². The van der Waals surface area contributed by atoms with E-state index in [-0.39, 0.29) is 25.1 Å². The molecule has 1 fully saturated rings. The molecule has 31 heavy (non-hydrogen) atoms. The van der Waals surface area contributed by atoms with E-state index in [0.717, 1.165) is 9.80 Å². The standard InChI is InChI=1S/C22H22N2O7/c1-31-17-9-7-16(8-10-17)18(25)24-12-11-23(21(29)30)14-22(19(24)26,20(27)28)13-15-5-3-2-4-6-15/h2-10H,11-14H2,1H3,(H,27,28)(H,29,30). The maximum Gasteiger partial charge on any atom is 0.407 e. The molecule has 1 heterocycles. The van der Waals surface area contributed by atoms with E-state index in [2.05, 4.69) is 0 Å². The van der Waals surface area contributed by atoms with Gasteiger partial charge in [-0.1, -0.05) is 30.3 Å². The summed E-state index contributed by atoms with van der Waals surface area (Å²) in [6.07, 6.45) is -1.61. The van der Waals surface area contributed by atoms with Gasteiger partial charge >= 0.3 is 12.1 Å². The van der Waals surface area contributed by atoms with E-state index in [4.69, 9.17) is 4.74 Å². The minimum absolute atomic E-state index is 0.164. The number of nitrogens with zero attached hydrogens (tertiary/aromatic N) is 2. The van der Waals surface area contributed by atoms with E-state index >= 15 is 0 Å². The average molecular weight is 426 g/mol. The largest absolute Gasteiger partial charge is 0.497 e. The van der Waals surface area contributed by atoms with Gasteiger partial charge in [-0.25, -0.2) is 4.79 Å². The molecule has 3 amide bonds. The highest BCUT2D eigenvalue weighted by atomic mass is 16.5. The maximum absolute atomic E-state index is 13.5. The molecule has 2 aromatic rings. The van der Waals surface area contributed by atoms with Gasteiger partial charge in [0.25, 0.3) is 5.91 Å². The van der Waals surface area contributed by atoms with Gasteiger partial charge < -0.3 is 19.8 Å². The van der Waals surface area contributed by atoms with Crippen LogP contribution in [0, 0.1) is 5.41 Å². The Morgan fingerprint density at radius 3 is 2.19 bits per heavy atom. The highest BCUT2D eigenvalue weighted by Gasteiger charge is 2.53. The summed E-state index contributed by atoms with van der Waals surface area (Å²) >= 11 is 0. The van der Waals surface area contributed by atoms with E-state index in [1.165, 1.54) is 19.2 Å². The first kappa shape index (κ1) is 21.8. The van der Waals surface area contributed by atoms with Crippen molar-refractivity contribution >= 4 is 23.9 Å². The number of ether oxygens (including phenoxy) is 1. The quantitative estimate of drug-likeness (QED) is 0.553. The summed E-state index contributed by atoms with van der Waals surface area (Å²) in [5.74, 6) is -2.60. The fourth-order valence-electron chi connectivity index (χ4n) is 3.61. The van der Waals surface area contributed by atoms with E-state index in [1.54, 1.807) is 42.5 Å². The smallest absolute Gasteiger partial charge is 0.407 e. The molecule has 1 saturated heterocycles. The molecule has 1 aliphatic rings. The summed E-state index contributed by atoms with van der Waals surface area (Å²) in [6.45, 7) is -0.996. The summed E-state index contributed by atoms with van der Waals surface area (Å²) in [5.41, 5.74) is -1.43. The predicted octanol–water partition coefficient (Wildman–Crippen LogP) is 1.97. The number of carbonyl (C=O) groups is 4. The van der Waals surface area contributed by atoms with Crippen LogP contribution < -0.4 is 4.74 Å². The molecule has 9 heteroatoms. The fraction of sp³-hybridized carbons (Fsp3) is 0.273. The Hall–Kier alpha value is -3.88. The van der Waals surface area contributed by atoms with Gasteiger partial charge in [-0.15, -0.1) is 0 Å². The van der Waals surface area contributed by atoms with Crippen molar-refractivity contribution in [2.75, 3.05) is 26.7 Å². The summed E-state index contributed by atoms with van der Waals surface area (Å²) in [4.78, 5) is 52.4. The van der Waals surface area contributed by atoms with Gasteiger partial charge in [-0.2, -0.15) is 0 Å². The van der Waals surface area contributed by atoms with Crippen molar-refractivity contribution < 1.29 is 34.1 Å². The van der Waals surface area contributed by atoms with Gasteiger partial charge in [0, 0.05) is 25.2 Å². The molecule has 1 unspecified atom stereocenters. The lowest BCUT2D eigenvalue weighted by molar-refractivity contribution is -0.159. The molecule has 0 spiro atoms. The first-order valence-corrected chi connectivity index (χ1v) is 9.54. The lowest BCUT2D eigenvalue weighted by atomic mass is 9.79. The minimum Gasteiger partial charge on any atom is -0.497 e. The molecule has 0 aliphatic carbocycles. The second-order valence-electron chi connectivity index (χ2n) is 7.24. The number of carboxylic acids is 1. The first-order valence-electron chi connectivity index (χ1n) is 9.54. The number of imide groups is 1.